The lowest BCUT2D eigenvalue weighted by molar-refractivity contribution is 0.0682. The van der Waals surface area contributed by atoms with Crippen LogP contribution in [-0.4, -0.2) is 58.1 Å². The fourth-order valence-electron chi connectivity index (χ4n) is 2.96. The number of likely N-dealkylation sites (N-methyl/N-ethyl adjacent to an activating group) is 2. The van der Waals surface area contributed by atoms with E-state index in [0.717, 1.165) is 17.9 Å². The van der Waals surface area contributed by atoms with Gasteiger partial charge in [-0.1, -0.05) is 0 Å². The van der Waals surface area contributed by atoms with E-state index < -0.39 is 0 Å². The van der Waals surface area contributed by atoms with Crippen LogP contribution in [0.2, 0.25) is 0 Å². The second-order valence-corrected chi connectivity index (χ2v) is 5.83. The number of nitrogens with two attached hydrogens (primary N) is 1. The van der Waals surface area contributed by atoms with Crippen molar-refractivity contribution in [2.24, 2.45) is 0 Å². The molecule has 1 saturated carbocycles. The van der Waals surface area contributed by atoms with Crippen LogP contribution in [0.1, 0.15) is 19.3 Å². The van der Waals surface area contributed by atoms with Crippen LogP contribution in [0.25, 0.3) is 11.2 Å². The Morgan fingerprint density at radius 1 is 1.30 bits per heavy atom. The summed E-state index contributed by atoms with van der Waals surface area (Å²) >= 11 is 0. The van der Waals surface area contributed by atoms with E-state index in [2.05, 4.69) is 43.8 Å². The minimum Gasteiger partial charge on any atom is -0.368 e. The summed E-state index contributed by atoms with van der Waals surface area (Å²) in [6.45, 7) is 0.921. The van der Waals surface area contributed by atoms with Crippen molar-refractivity contribution in [3.8, 4) is 0 Å². The quantitative estimate of drug-likeness (QED) is 0.860. The lowest BCUT2D eigenvalue weighted by Gasteiger charge is -2.49. The number of rotatable bonds is 4. The third kappa shape index (κ3) is 1.98. The maximum absolute atomic E-state index is 5.78. The lowest BCUT2D eigenvalue weighted by atomic mass is 9.75. The Morgan fingerprint density at radius 2 is 2.05 bits per heavy atom. The summed E-state index contributed by atoms with van der Waals surface area (Å²) in [6.07, 6.45) is 5.35. The van der Waals surface area contributed by atoms with Gasteiger partial charge in [0, 0.05) is 19.1 Å². The van der Waals surface area contributed by atoms with Crippen molar-refractivity contribution >= 4 is 22.9 Å². The molecule has 2 aromatic rings. The molecule has 0 aromatic carbocycles. The Hall–Kier alpha value is -1.89. The number of hydrogen-bond acceptors (Lipinski definition) is 6. The highest BCUT2D eigenvalue weighted by Gasteiger charge is 2.40. The van der Waals surface area contributed by atoms with E-state index in [1.807, 2.05) is 7.05 Å². The van der Waals surface area contributed by atoms with Gasteiger partial charge in [0.1, 0.15) is 5.52 Å². The number of anilines is 2. The van der Waals surface area contributed by atoms with Crippen LogP contribution in [0.3, 0.4) is 0 Å². The second kappa shape index (κ2) is 4.59. The highest BCUT2D eigenvalue weighted by Crippen LogP contribution is 2.37. The van der Waals surface area contributed by atoms with Gasteiger partial charge in [-0.15, -0.1) is 0 Å². The van der Waals surface area contributed by atoms with Crippen molar-refractivity contribution < 1.29 is 0 Å². The molecule has 3 rings (SSSR count). The zero-order valence-electron chi connectivity index (χ0n) is 12.2. The topological polar surface area (TPSA) is 87.0 Å². The second-order valence-electron chi connectivity index (χ2n) is 5.83. The highest BCUT2D eigenvalue weighted by atomic mass is 15.3. The standard InChI is InChI=1S/C13H21N7/c1-19(2)13(5-4-6-13)7-20(3)11-9-10(16-8-15-9)17-12(14)18-11/h8H,4-7H2,1-3H3,(H3,14,15,16,17,18). The summed E-state index contributed by atoms with van der Waals surface area (Å²) in [5.41, 5.74) is 7.48. The lowest BCUT2D eigenvalue weighted by Crippen LogP contribution is -2.56. The maximum atomic E-state index is 5.78. The molecule has 0 spiro atoms. The first-order chi connectivity index (χ1) is 9.52. The third-order valence-corrected chi connectivity index (χ3v) is 4.41. The molecule has 0 atom stereocenters. The summed E-state index contributed by atoms with van der Waals surface area (Å²) in [7, 11) is 6.34. The molecule has 0 unspecified atom stereocenters. The van der Waals surface area contributed by atoms with E-state index >= 15 is 0 Å². The normalized spacial score (nSPS) is 17.4. The van der Waals surface area contributed by atoms with Gasteiger partial charge in [-0.3, -0.25) is 0 Å². The number of fused-ring (bicyclic) bond motifs is 1. The van der Waals surface area contributed by atoms with Crippen LogP contribution in [0.4, 0.5) is 11.8 Å². The van der Waals surface area contributed by atoms with Crippen molar-refractivity contribution in [1.82, 2.24) is 24.8 Å². The van der Waals surface area contributed by atoms with Crippen molar-refractivity contribution in [3.05, 3.63) is 6.33 Å². The SMILES string of the molecule is CN(CC1(N(C)C)CCC1)c1nc(N)nc2nc[nH]c12. The monoisotopic (exact) mass is 275 g/mol. The van der Waals surface area contributed by atoms with Gasteiger partial charge in [-0.25, -0.2) is 4.98 Å². The molecular formula is C13H21N7. The van der Waals surface area contributed by atoms with Crippen LogP contribution in [0.5, 0.6) is 0 Å². The molecular weight excluding hydrogens is 254 g/mol. The Kier molecular flexibility index (Phi) is 3.01. The minimum atomic E-state index is 0.237. The molecule has 7 nitrogen and oxygen atoms in total. The van der Waals surface area contributed by atoms with Crippen molar-refractivity contribution in [2.45, 2.75) is 24.8 Å². The Labute approximate surface area is 118 Å². The molecule has 108 valence electrons. The first-order valence-electron chi connectivity index (χ1n) is 6.87. The average molecular weight is 275 g/mol. The predicted octanol–water partition coefficient (Wildman–Crippen LogP) is 0.856. The van der Waals surface area contributed by atoms with Crippen LogP contribution >= 0.6 is 0 Å². The van der Waals surface area contributed by atoms with Gasteiger partial charge in [-0.05, 0) is 33.4 Å². The molecule has 7 heteroatoms. The summed E-state index contributed by atoms with van der Waals surface area (Å²) in [5, 5.41) is 0. The number of nitrogen functional groups attached to an aromatic ring is 1. The minimum absolute atomic E-state index is 0.237. The molecule has 0 aliphatic heterocycles. The first-order valence-corrected chi connectivity index (χ1v) is 6.87. The van der Waals surface area contributed by atoms with E-state index in [1.165, 1.54) is 19.3 Å². The number of aromatic amines is 1. The van der Waals surface area contributed by atoms with Crippen LogP contribution in [0.15, 0.2) is 6.33 Å². The van der Waals surface area contributed by atoms with Gasteiger partial charge < -0.3 is 20.5 Å². The molecule has 1 aliphatic rings. The van der Waals surface area contributed by atoms with Crippen LogP contribution in [-0.2, 0) is 0 Å². The summed E-state index contributed by atoms with van der Waals surface area (Å²) < 4.78 is 0. The first kappa shape index (κ1) is 13.1. The predicted molar refractivity (Wildman–Crippen MR) is 79.6 cm³/mol. The molecule has 2 heterocycles. The third-order valence-electron chi connectivity index (χ3n) is 4.41. The molecule has 0 radical (unpaired) electrons. The molecule has 0 saturated heterocycles. The van der Waals surface area contributed by atoms with Crippen LogP contribution in [0, 0.1) is 0 Å². The van der Waals surface area contributed by atoms with E-state index in [-0.39, 0.29) is 11.5 Å². The Balaban J connectivity index is 1.92. The van der Waals surface area contributed by atoms with Gasteiger partial charge in [-0.2, -0.15) is 9.97 Å². The van der Waals surface area contributed by atoms with E-state index in [0.29, 0.717) is 5.65 Å². The number of H-pyrrole nitrogens is 1. The van der Waals surface area contributed by atoms with E-state index in [4.69, 9.17) is 5.73 Å². The maximum Gasteiger partial charge on any atom is 0.224 e. The van der Waals surface area contributed by atoms with Gasteiger partial charge in [0.2, 0.25) is 5.95 Å². The number of hydrogen-bond donors (Lipinski definition) is 2. The molecule has 20 heavy (non-hydrogen) atoms. The van der Waals surface area contributed by atoms with Crippen LogP contribution < -0.4 is 10.6 Å². The summed E-state index contributed by atoms with van der Waals surface area (Å²) in [6, 6.07) is 0. The number of nitrogens with zero attached hydrogens (tertiary/aromatic N) is 5. The smallest absolute Gasteiger partial charge is 0.224 e. The fraction of sp³-hybridized carbons (Fsp3) is 0.615. The molecule has 2 aromatic heterocycles. The van der Waals surface area contributed by atoms with E-state index in [9.17, 15) is 0 Å². The zero-order valence-corrected chi connectivity index (χ0v) is 12.2. The molecule has 1 fully saturated rings. The number of aromatic nitrogens is 4. The average Bonchev–Trinajstić information content (AvgIpc) is 2.79. The largest absolute Gasteiger partial charge is 0.368 e. The molecule has 0 bridgehead atoms. The molecule has 0 amide bonds. The summed E-state index contributed by atoms with van der Waals surface area (Å²) in [4.78, 5) is 20.2. The fourth-order valence-corrected chi connectivity index (χ4v) is 2.96. The Morgan fingerprint density at radius 3 is 2.65 bits per heavy atom. The molecule has 3 N–H and O–H groups in total. The van der Waals surface area contributed by atoms with Gasteiger partial charge in [0.25, 0.3) is 0 Å². The number of nitrogens with one attached hydrogen (secondary N) is 1. The van der Waals surface area contributed by atoms with Gasteiger partial charge in [0.05, 0.1) is 6.33 Å². The number of imidazole rings is 1. The van der Waals surface area contributed by atoms with Gasteiger partial charge in [0.15, 0.2) is 11.5 Å². The van der Waals surface area contributed by atoms with Gasteiger partial charge >= 0.3 is 0 Å². The zero-order chi connectivity index (χ0) is 14.3. The van der Waals surface area contributed by atoms with E-state index in [1.54, 1.807) is 6.33 Å². The summed E-state index contributed by atoms with van der Waals surface area (Å²) in [5.74, 6) is 1.08. The van der Waals surface area contributed by atoms with Crippen molar-refractivity contribution in [1.29, 1.82) is 0 Å². The Bertz CT molecular complexity index is 614. The molecule has 1 aliphatic carbocycles. The van der Waals surface area contributed by atoms with Crippen molar-refractivity contribution in [3.63, 3.8) is 0 Å². The van der Waals surface area contributed by atoms with Crippen molar-refractivity contribution in [2.75, 3.05) is 38.3 Å². The highest BCUT2D eigenvalue weighted by molar-refractivity contribution is 5.84.